The van der Waals surface area contributed by atoms with Crippen LogP contribution in [0.15, 0.2) is 16.6 Å². The van der Waals surface area contributed by atoms with Gasteiger partial charge in [0.15, 0.2) is 5.75 Å². The first kappa shape index (κ1) is 14.1. The van der Waals surface area contributed by atoms with E-state index in [1.807, 2.05) is 0 Å². The standard InChI is InChI=1S/C14H17BrFNO3/c15-11-5-9(16)6-12(17)13(11)20-10-1-3-19-14(7-10)2-4-18-8-14/h5-6,10H,1-4,7-8,17H2. The molecule has 6 heteroatoms. The van der Waals surface area contributed by atoms with Crippen molar-refractivity contribution in [2.45, 2.75) is 31.0 Å². The first-order valence-electron chi connectivity index (χ1n) is 6.71. The summed E-state index contributed by atoms with van der Waals surface area (Å²) in [6, 6.07) is 2.63. The summed E-state index contributed by atoms with van der Waals surface area (Å²) in [5.74, 6) is 0.127. The van der Waals surface area contributed by atoms with Gasteiger partial charge >= 0.3 is 0 Å². The van der Waals surface area contributed by atoms with Gasteiger partial charge in [-0.05, 0) is 22.0 Å². The summed E-state index contributed by atoms with van der Waals surface area (Å²) in [6.45, 7) is 1.99. The highest BCUT2D eigenvalue weighted by molar-refractivity contribution is 9.10. The van der Waals surface area contributed by atoms with Gasteiger partial charge < -0.3 is 19.9 Å². The number of halogens is 2. The lowest BCUT2D eigenvalue weighted by atomic mass is 9.91. The summed E-state index contributed by atoms with van der Waals surface area (Å²) in [6.07, 6.45) is 2.48. The van der Waals surface area contributed by atoms with E-state index < -0.39 is 0 Å². The molecule has 2 heterocycles. The fraction of sp³-hybridized carbons (Fsp3) is 0.571. The van der Waals surface area contributed by atoms with Crippen LogP contribution in [0.1, 0.15) is 19.3 Å². The maximum atomic E-state index is 13.2. The van der Waals surface area contributed by atoms with Gasteiger partial charge in [0.1, 0.15) is 11.9 Å². The van der Waals surface area contributed by atoms with E-state index in [0.29, 0.717) is 29.1 Å². The molecule has 2 aliphatic heterocycles. The maximum Gasteiger partial charge on any atom is 0.156 e. The number of hydrogen-bond acceptors (Lipinski definition) is 4. The first-order valence-corrected chi connectivity index (χ1v) is 7.50. The molecule has 0 aliphatic carbocycles. The van der Waals surface area contributed by atoms with E-state index >= 15 is 0 Å². The van der Waals surface area contributed by atoms with Crippen LogP contribution in [-0.2, 0) is 9.47 Å². The van der Waals surface area contributed by atoms with Crippen LogP contribution in [0.2, 0.25) is 0 Å². The van der Waals surface area contributed by atoms with Crippen molar-refractivity contribution >= 4 is 21.6 Å². The largest absolute Gasteiger partial charge is 0.487 e. The molecule has 20 heavy (non-hydrogen) atoms. The molecule has 0 amide bonds. The molecular formula is C14H17BrFNO3. The van der Waals surface area contributed by atoms with Gasteiger partial charge in [0, 0.05) is 31.9 Å². The van der Waals surface area contributed by atoms with Crippen LogP contribution in [-0.4, -0.2) is 31.5 Å². The molecule has 2 atom stereocenters. The van der Waals surface area contributed by atoms with Crippen molar-refractivity contribution in [3.05, 3.63) is 22.4 Å². The molecule has 1 spiro atoms. The van der Waals surface area contributed by atoms with Crippen molar-refractivity contribution in [2.24, 2.45) is 0 Å². The van der Waals surface area contributed by atoms with Crippen molar-refractivity contribution in [1.29, 1.82) is 0 Å². The third-order valence-corrected chi connectivity index (χ3v) is 4.43. The molecule has 1 aromatic rings. The fourth-order valence-electron chi connectivity index (χ4n) is 2.82. The summed E-state index contributed by atoms with van der Waals surface area (Å²) in [7, 11) is 0. The van der Waals surface area contributed by atoms with E-state index in [0.717, 1.165) is 25.9 Å². The summed E-state index contributed by atoms with van der Waals surface area (Å²) in [5, 5.41) is 0. The third-order valence-electron chi connectivity index (χ3n) is 3.84. The molecule has 4 nitrogen and oxygen atoms in total. The molecule has 0 aromatic heterocycles. The van der Waals surface area contributed by atoms with Crippen molar-refractivity contribution < 1.29 is 18.6 Å². The van der Waals surface area contributed by atoms with E-state index in [1.54, 1.807) is 0 Å². The third kappa shape index (κ3) is 2.77. The topological polar surface area (TPSA) is 53.7 Å². The molecule has 0 radical (unpaired) electrons. The minimum absolute atomic E-state index is 0.00881. The minimum Gasteiger partial charge on any atom is -0.487 e. The molecule has 2 N–H and O–H groups in total. The predicted octanol–water partition coefficient (Wildman–Crippen LogP) is 2.89. The molecule has 3 rings (SSSR count). The Morgan fingerprint density at radius 3 is 2.95 bits per heavy atom. The Morgan fingerprint density at radius 1 is 1.40 bits per heavy atom. The van der Waals surface area contributed by atoms with Gasteiger partial charge in [-0.25, -0.2) is 4.39 Å². The van der Waals surface area contributed by atoms with Gasteiger partial charge in [0.25, 0.3) is 0 Å². The number of ether oxygens (including phenoxy) is 3. The van der Waals surface area contributed by atoms with Crippen molar-refractivity contribution in [1.82, 2.24) is 0 Å². The van der Waals surface area contributed by atoms with E-state index in [4.69, 9.17) is 19.9 Å². The van der Waals surface area contributed by atoms with Crippen molar-refractivity contribution in [3.63, 3.8) is 0 Å². The van der Waals surface area contributed by atoms with Gasteiger partial charge in [-0.1, -0.05) is 0 Å². The second-order valence-corrected chi connectivity index (χ2v) is 6.23. The molecule has 1 aromatic carbocycles. The summed E-state index contributed by atoms with van der Waals surface area (Å²) in [5.41, 5.74) is 5.92. The lowest BCUT2D eigenvalue weighted by Gasteiger charge is -2.37. The average Bonchev–Trinajstić information content (AvgIpc) is 2.82. The Bertz CT molecular complexity index is 482. The SMILES string of the molecule is Nc1cc(F)cc(Br)c1OC1CCOC2(CCOC2)C1. The second-order valence-electron chi connectivity index (χ2n) is 5.37. The van der Waals surface area contributed by atoms with Crippen molar-refractivity contribution in [3.8, 4) is 5.75 Å². The summed E-state index contributed by atoms with van der Waals surface area (Å²) in [4.78, 5) is 0. The monoisotopic (exact) mass is 345 g/mol. The highest BCUT2D eigenvalue weighted by Crippen LogP contribution is 2.38. The fourth-order valence-corrected chi connectivity index (χ4v) is 3.36. The molecule has 0 saturated carbocycles. The van der Waals surface area contributed by atoms with Crippen LogP contribution in [0.25, 0.3) is 0 Å². The van der Waals surface area contributed by atoms with Gasteiger partial charge in [0.2, 0.25) is 0 Å². The second kappa shape index (κ2) is 5.50. The molecule has 110 valence electrons. The molecule has 2 fully saturated rings. The van der Waals surface area contributed by atoms with Gasteiger partial charge in [0.05, 0.1) is 29.0 Å². The highest BCUT2D eigenvalue weighted by atomic mass is 79.9. The highest BCUT2D eigenvalue weighted by Gasteiger charge is 2.42. The number of rotatable bonds is 2. The number of hydrogen-bond donors (Lipinski definition) is 1. The molecule has 0 bridgehead atoms. The number of benzene rings is 1. The molecule has 2 aliphatic rings. The number of nitrogen functional groups attached to an aromatic ring is 1. The number of nitrogens with two attached hydrogens (primary N) is 1. The van der Waals surface area contributed by atoms with E-state index in [9.17, 15) is 4.39 Å². The Hall–Kier alpha value is -0.850. The smallest absolute Gasteiger partial charge is 0.156 e. The lowest BCUT2D eigenvalue weighted by molar-refractivity contribution is -0.112. The summed E-state index contributed by atoms with van der Waals surface area (Å²) < 4.78 is 31.1. The maximum absolute atomic E-state index is 13.2. The van der Waals surface area contributed by atoms with Crippen LogP contribution in [0.5, 0.6) is 5.75 Å². The Morgan fingerprint density at radius 2 is 2.25 bits per heavy atom. The zero-order valence-corrected chi connectivity index (χ0v) is 12.6. The van der Waals surface area contributed by atoms with Crippen LogP contribution in [0.3, 0.4) is 0 Å². The molecular weight excluding hydrogens is 329 g/mol. The molecule has 2 saturated heterocycles. The Labute approximate surface area is 125 Å². The summed E-state index contributed by atoms with van der Waals surface area (Å²) >= 11 is 3.30. The quantitative estimate of drug-likeness (QED) is 0.837. The van der Waals surface area contributed by atoms with E-state index in [2.05, 4.69) is 15.9 Å². The average molecular weight is 346 g/mol. The van der Waals surface area contributed by atoms with E-state index in [1.165, 1.54) is 12.1 Å². The Balaban J connectivity index is 1.74. The number of anilines is 1. The van der Waals surface area contributed by atoms with Crippen LogP contribution >= 0.6 is 15.9 Å². The lowest BCUT2D eigenvalue weighted by Crippen LogP contribution is -2.44. The van der Waals surface area contributed by atoms with Crippen LogP contribution < -0.4 is 10.5 Å². The van der Waals surface area contributed by atoms with E-state index in [-0.39, 0.29) is 17.5 Å². The normalized spacial score (nSPS) is 29.8. The zero-order chi connectivity index (χ0) is 14.2. The van der Waals surface area contributed by atoms with Gasteiger partial charge in [-0.15, -0.1) is 0 Å². The molecule has 2 unspecified atom stereocenters. The van der Waals surface area contributed by atoms with Gasteiger partial charge in [-0.3, -0.25) is 0 Å². The van der Waals surface area contributed by atoms with Gasteiger partial charge in [-0.2, -0.15) is 0 Å². The minimum atomic E-state index is -0.380. The first-order chi connectivity index (χ1) is 9.58. The van der Waals surface area contributed by atoms with Crippen LogP contribution in [0.4, 0.5) is 10.1 Å². The van der Waals surface area contributed by atoms with Crippen molar-refractivity contribution in [2.75, 3.05) is 25.6 Å². The zero-order valence-electron chi connectivity index (χ0n) is 11.0. The van der Waals surface area contributed by atoms with Crippen LogP contribution in [0, 0.1) is 5.82 Å². The predicted molar refractivity (Wildman–Crippen MR) is 76.3 cm³/mol. The Kier molecular flexibility index (Phi) is 3.88.